The minimum Gasteiger partial charge on any atom is -0.354 e. The molecule has 1 aliphatic carbocycles. The molecule has 0 aromatic carbocycles. The average molecular weight is 447 g/mol. The zero-order valence-electron chi connectivity index (χ0n) is 15.6. The summed E-state index contributed by atoms with van der Waals surface area (Å²) in [6, 6.07) is 0.551. The summed E-state index contributed by atoms with van der Waals surface area (Å²) in [4.78, 5) is 8.85. The minimum atomic E-state index is 0. The number of imidazole rings is 1. The van der Waals surface area contributed by atoms with E-state index in [4.69, 9.17) is 0 Å². The molecule has 0 amide bonds. The van der Waals surface area contributed by atoms with Crippen LogP contribution in [0, 0.1) is 11.8 Å². The van der Waals surface area contributed by atoms with E-state index in [1.54, 1.807) is 0 Å². The molecule has 1 fully saturated rings. The molecule has 1 saturated carbocycles. The van der Waals surface area contributed by atoms with Gasteiger partial charge in [0.1, 0.15) is 5.82 Å². The summed E-state index contributed by atoms with van der Waals surface area (Å²) in [5.41, 5.74) is 0. The molecular formula is C18H34IN5. The van der Waals surface area contributed by atoms with E-state index >= 15 is 0 Å². The predicted molar refractivity (Wildman–Crippen MR) is 112 cm³/mol. The number of hydrogen-bond acceptors (Lipinski definition) is 2. The summed E-state index contributed by atoms with van der Waals surface area (Å²) in [5, 5.41) is 7.02. The highest BCUT2D eigenvalue weighted by atomic mass is 127. The van der Waals surface area contributed by atoms with Crippen LogP contribution in [0.3, 0.4) is 0 Å². The second-order valence-electron chi connectivity index (χ2n) is 7.10. The average Bonchev–Trinajstić information content (AvgIpc) is 2.98. The largest absolute Gasteiger partial charge is 0.354 e. The number of aliphatic imine (C=N–C) groups is 1. The van der Waals surface area contributed by atoms with E-state index in [-0.39, 0.29) is 24.0 Å². The van der Waals surface area contributed by atoms with Crippen LogP contribution in [0.2, 0.25) is 0 Å². The van der Waals surface area contributed by atoms with Crippen molar-refractivity contribution >= 4 is 29.9 Å². The van der Waals surface area contributed by atoms with Crippen LogP contribution >= 0.6 is 24.0 Å². The Bertz CT molecular complexity index is 497. The van der Waals surface area contributed by atoms with Crippen LogP contribution in [0.25, 0.3) is 0 Å². The number of nitrogens with one attached hydrogen (secondary N) is 2. The van der Waals surface area contributed by atoms with Crippen molar-refractivity contribution in [3.63, 3.8) is 0 Å². The van der Waals surface area contributed by atoms with Crippen molar-refractivity contribution in [2.24, 2.45) is 16.8 Å². The molecule has 1 aromatic heterocycles. The third kappa shape index (κ3) is 6.61. The molecular weight excluding hydrogens is 413 g/mol. The molecule has 24 heavy (non-hydrogen) atoms. The van der Waals surface area contributed by atoms with E-state index < -0.39 is 0 Å². The van der Waals surface area contributed by atoms with Gasteiger partial charge in [-0.3, -0.25) is 4.99 Å². The first-order valence-electron chi connectivity index (χ1n) is 9.09. The molecule has 5 nitrogen and oxygen atoms in total. The van der Waals surface area contributed by atoms with Gasteiger partial charge in [0.2, 0.25) is 0 Å². The number of halogens is 1. The Morgan fingerprint density at radius 1 is 1.42 bits per heavy atom. The van der Waals surface area contributed by atoms with E-state index in [1.807, 2.05) is 13.2 Å². The molecule has 2 unspecified atom stereocenters. The lowest BCUT2D eigenvalue weighted by Crippen LogP contribution is -2.45. The van der Waals surface area contributed by atoms with Crippen molar-refractivity contribution in [1.82, 2.24) is 20.2 Å². The molecule has 0 saturated heterocycles. The van der Waals surface area contributed by atoms with Crippen molar-refractivity contribution < 1.29 is 0 Å². The second kappa shape index (κ2) is 10.9. The molecule has 0 bridgehead atoms. The summed E-state index contributed by atoms with van der Waals surface area (Å²) in [5.74, 6) is 3.44. The summed E-state index contributed by atoms with van der Waals surface area (Å²) < 4.78 is 2.22. The summed E-state index contributed by atoms with van der Waals surface area (Å²) in [7, 11) is 1.84. The fourth-order valence-electron chi connectivity index (χ4n) is 3.41. The Labute approximate surface area is 164 Å². The van der Waals surface area contributed by atoms with Gasteiger partial charge >= 0.3 is 0 Å². The van der Waals surface area contributed by atoms with Gasteiger partial charge in [-0.15, -0.1) is 24.0 Å². The summed E-state index contributed by atoms with van der Waals surface area (Å²) in [6.45, 7) is 8.47. The molecule has 6 heteroatoms. The fraction of sp³-hybridized carbons (Fsp3) is 0.778. The van der Waals surface area contributed by atoms with Crippen LogP contribution in [0.5, 0.6) is 0 Å². The lowest BCUT2D eigenvalue weighted by Gasteiger charge is -2.30. The van der Waals surface area contributed by atoms with Gasteiger partial charge in [-0.1, -0.05) is 40.0 Å². The minimum absolute atomic E-state index is 0. The molecule has 0 radical (unpaired) electrons. The summed E-state index contributed by atoms with van der Waals surface area (Å²) in [6.07, 6.45) is 10.4. The van der Waals surface area contributed by atoms with Gasteiger partial charge in [-0.05, 0) is 24.7 Å². The topological polar surface area (TPSA) is 54.2 Å². The lowest BCUT2D eigenvalue weighted by molar-refractivity contribution is 0.298. The van der Waals surface area contributed by atoms with E-state index in [2.05, 4.69) is 52.1 Å². The maximum Gasteiger partial charge on any atom is 0.191 e. The first-order valence-corrected chi connectivity index (χ1v) is 9.09. The van der Waals surface area contributed by atoms with Gasteiger partial charge < -0.3 is 15.2 Å². The maximum atomic E-state index is 4.47. The second-order valence-corrected chi connectivity index (χ2v) is 7.10. The number of guanidine groups is 1. The van der Waals surface area contributed by atoms with Crippen molar-refractivity contribution in [3.8, 4) is 0 Å². The third-order valence-electron chi connectivity index (χ3n) is 4.70. The zero-order valence-corrected chi connectivity index (χ0v) is 17.9. The highest BCUT2D eigenvalue weighted by molar-refractivity contribution is 14.0. The van der Waals surface area contributed by atoms with Crippen molar-refractivity contribution in [3.05, 3.63) is 18.2 Å². The number of rotatable bonds is 6. The molecule has 2 N–H and O–H groups in total. The van der Waals surface area contributed by atoms with E-state index in [0.717, 1.165) is 24.2 Å². The van der Waals surface area contributed by atoms with Gasteiger partial charge in [-0.2, -0.15) is 0 Å². The normalized spacial score (nSPS) is 21.5. The smallest absolute Gasteiger partial charge is 0.191 e. The maximum absolute atomic E-state index is 4.47. The first-order chi connectivity index (χ1) is 11.1. The predicted octanol–water partition coefficient (Wildman–Crippen LogP) is 3.79. The highest BCUT2D eigenvalue weighted by Crippen LogP contribution is 2.26. The SMILES string of the molecule is CCC1CCCC(NC(=NC)NCc2nccn2CC(C)C)C1.I. The van der Waals surface area contributed by atoms with E-state index in [0.29, 0.717) is 18.5 Å². The van der Waals surface area contributed by atoms with Gasteiger partial charge in [0.25, 0.3) is 0 Å². The van der Waals surface area contributed by atoms with Crippen LogP contribution in [0.1, 0.15) is 58.7 Å². The molecule has 2 rings (SSSR count). The van der Waals surface area contributed by atoms with Gasteiger partial charge in [0, 0.05) is 32.0 Å². The van der Waals surface area contributed by atoms with E-state index in [1.165, 1.54) is 32.1 Å². The van der Waals surface area contributed by atoms with Gasteiger partial charge in [0.15, 0.2) is 5.96 Å². The van der Waals surface area contributed by atoms with Crippen LogP contribution in [0.4, 0.5) is 0 Å². The molecule has 1 heterocycles. The van der Waals surface area contributed by atoms with Crippen LogP contribution in [0.15, 0.2) is 17.4 Å². The number of aromatic nitrogens is 2. The lowest BCUT2D eigenvalue weighted by atomic mass is 9.84. The first kappa shape index (κ1) is 21.3. The Balaban J connectivity index is 0.00000288. The molecule has 0 spiro atoms. The number of hydrogen-bond donors (Lipinski definition) is 2. The van der Waals surface area contributed by atoms with Crippen LogP contribution in [-0.2, 0) is 13.1 Å². The Morgan fingerprint density at radius 2 is 2.21 bits per heavy atom. The van der Waals surface area contributed by atoms with Crippen molar-refractivity contribution in [1.29, 1.82) is 0 Å². The molecule has 1 aromatic rings. The standard InChI is InChI=1S/C18H33N5.HI/c1-5-15-7-6-8-16(11-15)22-18(19-4)21-12-17-20-9-10-23(17)13-14(2)3;/h9-10,14-16H,5-8,11-13H2,1-4H3,(H2,19,21,22);1H. The Morgan fingerprint density at radius 3 is 2.88 bits per heavy atom. The Hall–Kier alpha value is -0.790. The fourth-order valence-corrected chi connectivity index (χ4v) is 3.41. The van der Waals surface area contributed by atoms with Crippen molar-refractivity contribution in [2.45, 2.75) is 72.0 Å². The molecule has 138 valence electrons. The quantitative estimate of drug-likeness (QED) is 0.397. The monoisotopic (exact) mass is 447 g/mol. The summed E-state index contributed by atoms with van der Waals surface area (Å²) >= 11 is 0. The zero-order chi connectivity index (χ0) is 16.7. The molecule has 1 aliphatic rings. The van der Waals surface area contributed by atoms with Gasteiger partial charge in [-0.25, -0.2) is 4.98 Å². The van der Waals surface area contributed by atoms with Crippen molar-refractivity contribution in [2.75, 3.05) is 7.05 Å². The van der Waals surface area contributed by atoms with Gasteiger partial charge in [0.05, 0.1) is 6.54 Å². The molecule has 0 aliphatic heterocycles. The van der Waals surface area contributed by atoms with Crippen LogP contribution < -0.4 is 10.6 Å². The molecule has 2 atom stereocenters. The third-order valence-corrected chi connectivity index (χ3v) is 4.70. The van der Waals surface area contributed by atoms with Crippen LogP contribution in [-0.4, -0.2) is 28.6 Å². The number of nitrogens with zero attached hydrogens (tertiary/aromatic N) is 3. The van der Waals surface area contributed by atoms with E-state index in [9.17, 15) is 0 Å². The Kier molecular flexibility index (Phi) is 9.69. The highest BCUT2D eigenvalue weighted by Gasteiger charge is 2.21.